The van der Waals surface area contributed by atoms with Crippen LogP contribution in [-0.2, 0) is 9.22 Å². The van der Waals surface area contributed by atoms with E-state index in [9.17, 15) is 4.79 Å². The molecule has 0 aromatic carbocycles. The third-order valence-corrected chi connectivity index (χ3v) is 9.45. The average Bonchev–Trinajstić information content (AvgIpc) is 2.52. The van der Waals surface area contributed by atoms with Gasteiger partial charge in [-0.05, 0) is 49.4 Å². The Kier molecular flexibility index (Phi) is 10.9. The molecule has 2 nitrogen and oxygen atoms in total. The van der Waals surface area contributed by atoms with Crippen LogP contribution in [0.1, 0.15) is 48.0 Å². The van der Waals surface area contributed by atoms with Crippen LogP contribution in [0.15, 0.2) is 48.6 Å². The van der Waals surface area contributed by atoms with Crippen molar-refractivity contribution in [1.29, 1.82) is 0 Å². The fourth-order valence-electron chi connectivity index (χ4n) is 2.33. The van der Waals surface area contributed by atoms with Crippen molar-refractivity contribution < 1.29 is 9.22 Å². The summed E-state index contributed by atoms with van der Waals surface area (Å²) in [4.78, 5) is 10.4. The quantitative estimate of drug-likeness (QED) is 0.192. The topological polar surface area (TPSA) is 26.3 Å². The summed E-state index contributed by atoms with van der Waals surface area (Å²) in [5.74, 6) is 0.709. The van der Waals surface area contributed by atoms with Gasteiger partial charge in [0.1, 0.15) is 6.29 Å². The zero-order chi connectivity index (χ0) is 19.5. The molecule has 3 atom stereocenters. The van der Waals surface area contributed by atoms with Crippen LogP contribution in [0, 0.1) is 11.8 Å². The largest absolute Gasteiger partial charge is 0.413 e. The first kappa shape index (κ1) is 23.8. The van der Waals surface area contributed by atoms with Crippen molar-refractivity contribution in [2.24, 2.45) is 11.8 Å². The Labute approximate surface area is 156 Å². The highest BCUT2D eigenvalue weighted by Gasteiger charge is 2.40. The predicted molar refractivity (Wildman–Crippen MR) is 113 cm³/mol. The number of hydrogen-bond donors (Lipinski definition) is 0. The average molecular weight is 363 g/mol. The van der Waals surface area contributed by atoms with Crippen LogP contribution in [0.3, 0.4) is 0 Å². The molecule has 0 saturated carbocycles. The van der Waals surface area contributed by atoms with E-state index < -0.39 is 8.32 Å². The highest BCUT2D eigenvalue weighted by atomic mass is 28.4. The van der Waals surface area contributed by atoms with Crippen LogP contribution in [0.25, 0.3) is 0 Å². The lowest BCUT2D eigenvalue weighted by Crippen LogP contribution is -2.47. The summed E-state index contributed by atoms with van der Waals surface area (Å²) in [6.07, 6.45) is 17.8. The molecular weight excluding hydrogens is 324 g/mol. The molecule has 0 bridgehead atoms. The minimum atomic E-state index is -1.85. The summed E-state index contributed by atoms with van der Waals surface area (Å²) in [7, 11) is -1.85. The van der Waals surface area contributed by atoms with E-state index in [1.807, 2.05) is 19.1 Å². The molecule has 0 aromatic rings. The van der Waals surface area contributed by atoms with E-state index in [1.165, 1.54) is 6.08 Å². The Bertz CT molecular complexity index is 493. The normalized spacial score (nSPS) is 17.8. The molecule has 0 rings (SSSR count). The van der Waals surface area contributed by atoms with Gasteiger partial charge in [-0.15, -0.1) is 0 Å². The molecule has 0 heterocycles. The number of carbonyl (C=O) groups is 1. The van der Waals surface area contributed by atoms with Crippen LogP contribution in [0.2, 0.25) is 18.1 Å². The fraction of sp³-hybridized carbons (Fsp3) is 0.591. The Morgan fingerprint density at radius 1 is 1.00 bits per heavy atom. The van der Waals surface area contributed by atoms with Gasteiger partial charge in [0.05, 0.1) is 6.10 Å². The van der Waals surface area contributed by atoms with Crippen molar-refractivity contribution in [3.05, 3.63) is 48.6 Å². The van der Waals surface area contributed by atoms with E-state index in [-0.39, 0.29) is 17.1 Å². The minimum Gasteiger partial charge on any atom is -0.413 e. The first-order chi connectivity index (χ1) is 11.6. The molecule has 0 aliphatic heterocycles. The van der Waals surface area contributed by atoms with E-state index in [0.29, 0.717) is 5.92 Å². The summed E-state index contributed by atoms with van der Waals surface area (Å²) in [6, 6.07) is 0. The predicted octanol–water partition coefficient (Wildman–Crippen LogP) is 6.48. The maximum absolute atomic E-state index is 10.4. The van der Waals surface area contributed by atoms with E-state index in [2.05, 4.69) is 72.0 Å². The first-order valence-corrected chi connectivity index (χ1v) is 12.2. The van der Waals surface area contributed by atoms with Crippen LogP contribution in [0.5, 0.6) is 0 Å². The van der Waals surface area contributed by atoms with Crippen molar-refractivity contribution >= 4 is 14.6 Å². The lowest BCUT2D eigenvalue weighted by molar-refractivity contribution is -0.104. The fourth-order valence-corrected chi connectivity index (χ4v) is 3.82. The van der Waals surface area contributed by atoms with E-state index >= 15 is 0 Å². The molecule has 25 heavy (non-hydrogen) atoms. The van der Waals surface area contributed by atoms with E-state index in [4.69, 9.17) is 4.43 Å². The Hall–Kier alpha value is -1.19. The standard InChI is InChI=1S/C22H38O2Si/c1-9-10-11-13-16-19(2)21(20(3)17-14-12-15-18-23)24-25(7,8)22(4,5)6/h9-15,17-21H,16H2,1-8H3. The third-order valence-electron chi connectivity index (χ3n) is 4.98. The van der Waals surface area contributed by atoms with Gasteiger partial charge >= 0.3 is 0 Å². The monoisotopic (exact) mass is 362 g/mol. The van der Waals surface area contributed by atoms with Gasteiger partial charge in [-0.3, -0.25) is 4.79 Å². The SMILES string of the molecule is CC=CC=CCC(C)C(O[Si](C)(C)C(C)(C)C)C(C)C=CC=CC=O. The summed E-state index contributed by atoms with van der Waals surface area (Å²) >= 11 is 0. The lowest BCUT2D eigenvalue weighted by Gasteiger charge is -2.42. The molecule has 0 N–H and O–H groups in total. The zero-order valence-electron chi connectivity index (χ0n) is 17.5. The van der Waals surface area contributed by atoms with E-state index in [1.54, 1.807) is 6.08 Å². The van der Waals surface area contributed by atoms with Gasteiger partial charge in [0.2, 0.25) is 0 Å². The highest BCUT2D eigenvalue weighted by molar-refractivity contribution is 6.74. The molecule has 0 aliphatic carbocycles. The maximum atomic E-state index is 10.4. The van der Waals surface area contributed by atoms with Gasteiger partial charge < -0.3 is 4.43 Å². The Morgan fingerprint density at radius 3 is 2.16 bits per heavy atom. The van der Waals surface area contributed by atoms with Gasteiger partial charge in [0.25, 0.3) is 0 Å². The Morgan fingerprint density at radius 2 is 1.64 bits per heavy atom. The number of carbonyl (C=O) groups excluding carboxylic acids is 1. The summed E-state index contributed by atoms with van der Waals surface area (Å²) in [5.41, 5.74) is 0. The van der Waals surface area contributed by atoms with Gasteiger partial charge in [-0.1, -0.05) is 77.2 Å². The summed E-state index contributed by atoms with van der Waals surface area (Å²) < 4.78 is 6.78. The number of aldehydes is 1. The molecule has 0 saturated heterocycles. The van der Waals surface area contributed by atoms with Crippen molar-refractivity contribution in [2.45, 2.75) is 72.2 Å². The molecule has 0 aromatic heterocycles. The van der Waals surface area contributed by atoms with E-state index in [0.717, 1.165) is 12.7 Å². The van der Waals surface area contributed by atoms with Crippen LogP contribution in [0.4, 0.5) is 0 Å². The molecule has 142 valence electrons. The molecule has 0 amide bonds. The lowest BCUT2D eigenvalue weighted by atomic mass is 9.90. The van der Waals surface area contributed by atoms with Gasteiger partial charge in [0, 0.05) is 0 Å². The highest BCUT2D eigenvalue weighted by Crippen LogP contribution is 2.39. The third kappa shape index (κ3) is 9.17. The maximum Gasteiger partial charge on any atom is 0.192 e. The second-order valence-corrected chi connectivity index (χ2v) is 13.0. The van der Waals surface area contributed by atoms with Gasteiger partial charge in [-0.2, -0.15) is 0 Å². The summed E-state index contributed by atoms with van der Waals surface area (Å²) in [6.45, 7) is 18.0. The van der Waals surface area contributed by atoms with Crippen molar-refractivity contribution in [1.82, 2.24) is 0 Å². The number of rotatable bonds is 10. The van der Waals surface area contributed by atoms with Crippen LogP contribution >= 0.6 is 0 Å². The molecule has 0 fully saturated rings. The number of allylic oxidation sites excluding steroid dienone is 7. The molecule has 3 unspecified atom stereocenters. The molecule has 3 heteroatoms. The van der Waals surface area contributed by atoms with Crippen LogP contribution in [-0.4, -0.2) is 20.7 Å². The Balaban J connectivity index is 5.31. The summed E-state index contributed by atoms with van der Waals surface area (Å²) in [5, 5.41) is 0.187. The van der Waals surface area contributed by atoms with Crippen molar-refractivity contribution in [3.8, 4) is 0 Å². The molecule has 0 aliphatic rings. The van der Waals surface area contributed by atoms with Gasteiger partial charge in [-0.25, -0.2) is 0 Å². The smallest absolute Gasteiger partial charge is 0.192 e. The minimum absolute atomic E-state index is 0.164. The van der Waals surface area contributed by atoms with Crippen molar-refractivity contribution in [2.75, 3.05) is 0 Å². The molecular formula is C22H38O2Si. The second-order valence-electron chi connectivity index (χ2n) is 8.27. The second kappa shape index (κ2) is 11.4. The zero-order valence-corrected chi connectivity index (χ0v) is 18.5. The molecule has 0 radical (unpaired) electrons. The van der Waals surface area contributed by atoms with Crippen molar-refractivity contribution in [3.63, 3.8) is 0 Å². The first-order valence-electron chi connectivity index (χ1n) is 9.31. The van der Waals surface area contributed by atoms with Gasteiger partial charge in [0.15, 0.2) is 8.32 Å². The molecule has 0 spiro atoms. The number of hydrogen-bond acceptors (Lipinski definition) is 2. The van der Waals surface area contributed by atoms with Crippen LogP contribution < -0.4 is 0 Å².